The minimum atomic E-state index is 0.167. The molecule has 0 fully saturated rings. The Kier molecular flexibility index (Phi) is 9.45. The monoisotopic (exact) mass is 165 g/mol. The summed E-state index contributed by atoms with van der Waals surface area (Å²) in [4.78, 5) is 18.9. The van der Waals surface area contributed by atoms with E-state index in [0.29, 0.717) is 4.38 Å². The van der Waals surface area contributed by atoms with Crippen LogP contribution in [0.25, 0.3) is 0 Å². The average molecular weight is 167 g/mol. The summed E-state index contributed by atoms with van der Waals surface area (Å²) in [5, 5.41) is 0. The molecule has 0 rings (SSSR count). The first-order chi connectivity index (χ1) is 3.46. The van der Waals surface area contributed by atoms with Gasteiger partial charge in [-0.2, -0.15) is 0 Å². The van der Waals surface area contributed by atoms with E-state index in [1.165, 1.54) is 13.8 Å². The van der Waals surface area contributed by atoms with Crippen molar-refractivity contribution in [1.29, 1.82) is 0 Å². The summed E-state index contributed by atoms with van der Waals surface area (Å²) in [7, 11) is 0. The second-order valence-corrected chi connectivity index (χ2v) is 3.70. The van der Waals surface area contributed by atoms with Crippen LogP contribution < -0.4 is 0 Å². The summed E-state index contributed by atoms with van der Waals surface area (Å²) in [6.07, 6.45) is 0. The normalized spacial score (nSPS) is 6.62. The fourth-order valence-electron chi connectivity index (χ4n) is 0. The van der Waals surface area contributed by atoms with Crippen LogP contribution in [0.2, 0.25) is 0 Å². The van der Waals surface area contributed by atoms with Gasteiger partial charge < -0.3 is 4.79 Å². The van der Waals surface area contributed by atoms with Crippen LogP contribution in [0.5, 0.6) is 0 Å². The van der Waals surface area contributed by atoms with Gasteiger partial charge in [-0.05, 0) is 13.8 Å². The van der Waals surface area contributed by atoms with Gasteiger partial charge in [0.2, 0.25) is 0 Å². The molecule has 43 valence electrons. The summed E-state index contributed by atoms with van der Waals surface area (Å²) in [6.45, 7) is 4.64. The fourth-order valence-corrected chi connectivity index (χ4v) is 0. The van der Waals surface area contributed by atoms with Crippen molar-refractivity contribution in [3.63, 3.8) is 0 Å². The molecule has 8 heavy (non-hydrogen) atoms. The van der Waals surface area contributed by atoms with Crippen molar-refractivity contribution >= 4 is 10.2 Å². The molecule has 0 radical (unpaired) electrons. The Balaban J connectivity index is 0. The molecule has 0 aromatic rings. The Morgan fingerprint density at radius 3 is 1.12 bits per heavy atom. The van der Waals surface area contributed by atoms with E-state index in [1.807, 2.05) is 0 Å². The van der Waals surface area contributed by atoms with E-state index in [4.69, 9.17) is 0 Å². The molecule has 0 aliphatic heterocycles. The molecule has 0 saturated carbocycles. The van der Waals surface area contributed by atoms with Gasteiger partial charge in [0, 0.05) is 0 Å². The van der Waals surface area contributed by atoms with Gasteiger partial charge in [0.15, 0.2) is 0 Å². The fraction of sp³-hybridized carbons (Fsp3) is 0.600. The zero-order chi connectivity index (χ0) is 7.15. The van der Waals surface area contributed by atoms with Crippen LogP contribution in [-0.4, -0.2) is 10.2 Å². The number of carbonyl (C=O) groups excluding carboxylic acids is 2. The molecule has 0 N–H and O–H groups in total. The standard InChI is InChI=1S/C3H6O.C2H3O.Zn/c1-3(2)4;1-2-3;/h1-2H3;1H3;. The number of ketones is 1. The SMILES string of the molecule is CC(C)=O.C[C](=O)[Zn]. The van der Waals surface area contributed by atoms with E-state index in [1.54, 1.807) is 6.92 Å². The van der Waals surface area contributed by atoms with Crippen LogP contribution in [0.15, 0.2) is 0 Å². The Hall–Kier alpha value is -0.0366. The zero-order valence-corrected chi connectivity index (χ0v) is 8.49. The molecule has 0 aliphatic rings. The number of Topliss-reactive ketones (excluding diaryl/α,β-unsaturated/α-hetero) is 1. The van der Waals surface area contributed by atoms with Crippen LogP contribution in [0.1, 0.15) is 20.8 Å². The minimum absolute atomic E-state index is 0.167. The summed E-state index contributed by atoms with van der Waals surface area (Å²) < 4.78 is 0.292. The van der Waals surface area contributed by atoms with Crippen molar-refractivity contribution in [3.8, 4) is 0 Å². The van der Waals surface area contributed by atoms with E-state index in [9.17, 15) is 9.59 Å². The van der Waals surface area contributed by atoms with E-state index >= 15 is 0 Å². The molecule has 0 aliphatic carbocycles. The van der Waals surface area contributed by atoms with Crippen LogP contribution in [0, 0.1) is 0 Å². The molecule has 0 amide bonds. The molecule has 0 heterocycles. The number of hydrogen-bond donors (Lipinski definition) is 0. The van der Waals surface area contributed by atoms with Gasteiger partial charge in [-0.25, -0.2) is 0 Å². The first kappa shape index (κ1) is 10.9. The first-order valence-corrected chi connectivity index (χ1v) is 3.75. The van der Waals surface area contributed by atoms with Gasteiger partial charge >= 0.3 is 34.4 Å². The summed E-state index contributed by atoms with van der Waals surface area (Å²) >= 11 is 0.792. The van der Waals surface area contributed by atoms with Gasteiger partial charge in [0.1, 0.15) is 5.78 Å². The molecule has 0 atom stereocenters. The van der Waals surface area contributed by atoms with E-state index in [2.05, 4.69) is 0 Å². The van der Waals surface area contributed by atoms with Crippen molar-refractivity contribution in [2.75, 3.05) is 0 Å². The first-order valence-electron chi connectivity index (χ1n) is 2.26. The molecule has 0 aromatic carbocycles. The molecule has 0 saturated heterocycles. The van der Waals surface area contributed by atoms with Crippen LogP contribution >= 0.6 is 0 Å². The van der Waals surface area contributed by atoms with Crippen molar-refractivity contribution in [3.05, 3.63) is 0 Å². The number of rotatable bonds is 0. The van der Waals surface area contributed by atoms with Crippen molar-refractivity contribution in [2.24, 2.45) is 0 Å². The Morgan fingerprint density at radius 1 is 1.12 bits per heavy atom. The summed E-state index contributed by atoms with van der Waals surface area (Å²) in [5.41, 5.74) is 0. The predicted octanol–water partition coefficient (Wildman–Crippen LogP) is 0.675. The van der Waals surface area contributed by atoms with E-state index < -0.39 is 0 Å². The maximum atomic E-state index is 9.50. The van der Waals surface area contributed by atoms with Crippen LogP contribution in [-0.2, 0) is 27.9 Å². The third kappa shape index (κ3) is 110000. The molecule has 0 bridgehead atoms. The maximum absolute atomic E-state index is 9.50. The second kappa shape index (κ2) is 6.96. The van der Waals surface area contributed by atoms with E-state index in [-0.39, 0.29) is 5.78 Å². The quantitative estimate of drug-likeness (QED) is 0.496. The van der Waals surface area contributed by atoms with Crippen molar-refractivity contribution in [1.82, 2.24) is 0 Å². The zero-order valence-electron chi connectivity index (χ0n) is 5.52. The summed E-state index contributed by atoms with van der Waals surface area (Å²) in [6, 6.07) is 0. The third-order valence-corrected chi connectivity index (χ3v) is 0. The molecule has 0 spiro atoms. The molecule has 0 unspecified atom stereocenters. The topological polar surface area (TPSA) is 34.1 Å². The third-order valence-electron chi connectivity index (χ3n) is 0. The number of hydrogen-bond acceptors (Lipinski definition) is 2. The predicted molar refractivity (Wildman–Crippen MR) is 27.0 cm³/mol. The second-order valence-electron chi connectivity index (χ2n) is 1.61. The molecular formula is C5H9O2Zn. The van der Waals surface area contributed by atoms with Gasteiger partial charge in [-0.15, -0.1) is 0 Å². The molecule has 0 aromatic heterocycles. The molecule has 2 nitrogen and oxygen atoms in total. The van der Waals surface area contributed by atoms with Crippen LogP contribution in [0.3, 0.4) is 0 Å². The van der Waals surface area contributed by atoms with Crippen LogP contribution in [0.4, 0.5) is 0 Å². The van der Waals surface area contributed by atoms with Crippen molar-refractivity contribution < 1.29 is 27.9 Å². The van der Waals surface area contributed by atoms with Gasteiger partial charge in [0.05, 0.1) is 0 Å². The average Bonchev–Trinajstić information content (AvgIpc) is 1.25. The number of carbonyl (C=O) groups is 2. The Labute approximate surface area is 59.3 Å². The van der Waals surface area contributed by atoms with Gasteiger partial charge in [-0.1, -0.05) is 0 Å². The van der Waals surface area contributed by atoms with Crippen molar-refractivity contribution in [2.45, 2.75) is 20.8 Å². The Morgan fingerprint density at radius 2 is 1.12 bits per heavy atom. The Bertz CT molecular complexity index is 68.4. The summed E-state index contributed by atoms with van der Waals surface area (Å²) in [5.74, 6) is 0.167. The molecule has 3 heteroatoms. The van der Waals surface area contributed by atoms with Gasteiger partial charge in [0.25, 0.3) is 0 Å². The molecular weight excluding hydrogens is 157 g/mol. The van der Waals surface area contributed by atoms with E-state index in [0.717, 1.165) is 18.3 Å². The van der Waals surface area contributed by atoms with Gasteiger partial charge in [-0.3, -0.25) is 0 Å².